The molecule has 1 atom stereocenters. The van der Waals surface area contributed by atoms with Gasteiger partial charge in [-0.2, -0.15) is 0 Å². The highest BCUT2D eigenvalue weighted by Crippen LogP contribution is 2.18. The smallest absolute Gasteiger partial charge is 0.111 e. The van der Waals surface area contributed by atoms with Crippen molar-refractivity contribution in [1.82, 2.24) is 9.97 Å². The quantitative estimate of drug-likeness (QED) is 0.824. The monoisotopic (exact) mass is 242 g/mol. The van der Waals surface area contributed by atoms with Gasteiger partial charge in [-0.1, -0.05) is 11.6 Å². The van der Waals surface area contributed by atoms with Crippen LogP contribution in [0.1, 0.15) is 11.8 Å². The van der Waals surface area contributed by atoms with Gasteiger partial charge in [-0.15, -0.1) is 11.6 Å². The molecule has 1 aromatic heterocycles. The molecule has 1 unspecified atom stereocenters. The Kier molecular flexibility index (Phi) is 3.05. The summed E-state index contributed by atoms with van der Waals surface area (Å²) in [6.45, 7) is 0. The average molecular weight is 243 g/mol. The fourth-order valence-electron chi connectivity index (χ4n) is 1.24. The maximum Gasteiger partial charge on any atom is 0.111 e. The first-order valence-corrected chi connectivity index (χ1v) is 5.28. The van der Waals surface area contributed by atoms with Gasteiger partial charge in [0.1, 0.15) is 6.10 Å². The average Bonchev–Trinajstić information content (AvgIpc) is 2.27. The summed E-state index contributed by atoms with van der Waals surface area (Å²) in [7, 11) is 0. The molecule has 1 heterocycles. The Balaban J connectivity index is 2.52. The Hall–Kier alpha value is -0.900. The van der Waals surface area contributed by atoms with Gasteiger partial charge in [0, 0.05) is 5.02 Å². The number of hydrogen-bond donors (Lipinski definition) is 1. The molecule has 1 N–H and O–H groups in total. The summed E-state index contributed by atoms with van der Waals surface area (Å²) in [6, 6.07) is 5.21. The van der Waals surface area contributed by atoms with Crippen LogP contribution in [-0.2, 0) is 0 Å². The second-order valence-electron chi connectivity index (χ2n) is 3.10. The lowest BCUT2D eigenvalue weighted by Gasteiger charge is -2.06. The van der Waals surface area contributed by atoms with E-state index in [1.54, 1.807) is 18.2 Å². The summed E-state index contributed by atoms with van der Waals surface area (Å²) in [5.74, 6) is 0.105. The van der Waals surface area contributed by atoms with Crippen LogP contribution in [0.5, 0.6) is 0 Å². The third-order valence-electron chi connectivity index (χ3n) is 2.01. The van der Waals surface area contributed by atoms with Crippen LogP contribution in [0.15, 0.2) is 24.4 Å². The van der Waals surface area contributed by atoms with Crippen LogP contribution in [0.25, 0.3) is 11.0 Å². The van der Waals surface area contributed by atoms with E-state index in [0.29, 0.717) is 21.7 Å². The second-order valence-corrected chi connectivity index (χ2v) is 3.84. The standard InChI is InChI=1S/C10H8Cl2N2O/c11-4-10(15)9-5-13-8-3-6(12)1-2-7(8)14-9/h1-3,5,10,15H,4H2. The van der Waals surface area contributed by atoms with E-state index in [4.69, 9.17) is 23.2 Å². The van der Waals surface area contributed by atoms with Gasteiger partial charge in [-0.05, 0) is 18.2 Å². The normalized spacial score (nSPS) is 13.0. The van der Waals surface area contributed by atoms with E-state index in [2.05, 4.69) is 9.97 Å². The molecule has 0 bridgehead atoms. The molecule has 0 amide bonds. The fourth-order valence-corrected chi connectivity index (χ4v) is 1.56. The highest BCUT2D eigenvalue weighted by molar-refractivity contribution is 6.31. The minimum atomic E-state index is -0.778. The van der Waals surface area contributed by atoms with E-state index >= 15 is 0 Å². The number of benzene rings is 1. The summed E-state index contributed by atoms with van der Waals surface area (Å²) in [5, 5.41) is 10.1. The minimum Gasteiger partial charge on any atom is -0.385 e. The molecular weight excluding hydrogens is 235 g/mol. The highest BCUT2D eigenvalue weighted by atomic mass is 35.5. The Morgan fingerprint density at radius 1 is 1.33 bits per heavy atom. The summed E-state index contributed by atoms with van der Waals surface area (Å²) >= 11 is 11.3. The van der Waals surface area contributed by atoms with Crippen LogP contribution in [0, 0.1) is 0 Å². The van der Waals surface area contributed by atoms with Crippen molar-refractivity contribution in [1.29, 1.82) is 0 Å². The second kappa shape index (κ2) is 4.31. The maximum atomic E-state index is 9.48. The Morgan fingerprint density at radius 3 is 2.87 bits per heavy atom. The van der Waals surface area contributed by atoms with Crippen molar-refractivity contribution in [2.45, 2.75) is 6.10 Å². The topological polar surface area (TPSA) is 46.0 Å². The molecule has 0 aliphatic carbocycles. The number of aliphatic hydroxyl groups excluding tert-OH is 1. The van der Waals surface area contributed by atoms with E-state index in [-0.39, 0.29) is 5.88 Å². The van der Waals surface area contributed by atoms with Crippen LogP contribution in [-0.4, -0.2) is 21.0 Å². The van der Waals surface area contributed by atoms with Gasteiger partial charge in [0.2, 0.25) is 0 Å². The molecule has 0 saturated heterocycles. The largest absolute Gasteiger partial charge is 0.385 e. The number of halogens is 2. The molecule has 0 spiro atoms. The zero-order chi connectivity index (χ0) is 10.8. The van der Waals surface area contributed by atoms with Crippen molar-refractivity contribution in [3.05, 3.63) is 35.1 Å². The molecule has 2 aromatic rings. The number of nitrogens with zero attached hydrogens (tertiary/aromatic N) is 2. The van der Waals surface area contributed by atoms with Crippen molar-refractivity contribution >= 4 is 34.2 Å². The molecule has 0 aliphatic rings. The third-order valence-corrected chi connectivity index (χ3v) is 2.54. The molecule has 2 rings (SSSR count). The molecule has 15 heavy (non-hydrogen) atoms. The van der Waals surface area contributed by atoms with Gasteiger partial charge in [-0.25, -0.2) is 4.98 Å². The molecule has 5 heteroatoms. The number of aromatic nitrogens is 2. The van der Waals surface area contributed by atoms with Crippen molar-refractivity contribution in [3.63, 3.8) is 0 Å². The van der Waals surface area contributed by atoms with Crippen LogP contribution in [0.2, 0.25) is 5.02 Å². The van der Waals surface area contributed by atoms with Gasteiger partial charge in [0.25, 0.3) is 0 Å². The minimum absolute atomic E-state index is 0.105. The number of fused-ring (bicyclic) bond motifs is 1. The van der Waals surface area contributed by atoms with Crippen LogP contribution in [0.4, 0.5) is 0 Å². The first kappa shape index (κ1) is 10.6. The van der Waals surface area contributed by atoms with Crippen LogP contribution < -0.4 is 0 Å². The Morgan fingerprint density at radius 2 is 2.13 bits per heavy atom. The number of aliphatic hydroxyl groups is 1. The van der Waals surface area contributed by atoms with Gasteiger partial charge in [-0.3, -0.25) is 4.98 Å². The predicted molar refractivity (Wildman–Crippen MR) is 60.2 cm³/mol. The van der Waals surface area contributed by atoms with Gasteiger partial charge >= 0.3 is 0 Å². The van der Waals surface area contributed by atoms with E-state index < -0.39 is 6.10 Å². The Bertz CT molecular complexity index is 490. The number of hydrogen-bond acceptors (Lipinski definition) is 3. The molecule has 0 radical (unpaired) electrons. The number of alkyl halides is 1. The molecule has 3 nitrogen and oxygen atoms in total. The van der Waals surface area contributed by atoms with E-state index in [9.17, 15) is 5.11 Å². The van der Waals surface area contributed by atoms with Crippen molar-refractivity contribution in [2.75, 3.05) is 5.88 Å². The first-order valence-electron chi connectivity index (χ1n) is 4.37. The highest BCUT2D eigenvalue weighted by Gasteiger charge is 2.08. The third kappa shape index (κ3) is 2.20. The predicted octanol–water partition coefficient (Wildman–Crippen LogP) is 2.56. The molecule has 0 saturated carbocycles. The summed E-state index contributed by atoms with van der Waals surface area (Å²) < 4.78 is 0. The van der Waals surface area contributed by atoms with Crippen LogP contribution >= 0.6 is 23.2 Å². The fraction of sp³-hybridized carbons (Fsp3) is 0.200. The van der Waals surface area contributed by atoms with E-state index in [1.807, 2.05) is 0 Å². The zero-order valence-corrected chi connectivity index (χ0v) is 9.20. The number of rotatable bonds is 2. The molecular formula is C10H8Cl2N2O. The summed E-state index contributed by atoms with van der Waals surface area (Å²) in [6.07, 6.45) is 0.727. The van der Waals surface area contributed by atoms with E-state index in [1.165, 1.54) is 6.20 Å². The van der Waals surface area contributed by atoms with Crippen molar-refractivity contribution in [3.8, 4) is 0 Å². The van der Waals surface area contributed by atoms with Crippen molar-refractivity contribution in [2.24, 2.45) is 0 Å². The molecule has 1 aromatic carbocycles. The zero-order valence-electron chi connectivity index (χ0n) is 7.69. The maximum absolute atomic E-state index is 9.48. The molecule has 0 fully saturated rings. The molecule has 78 valence electrons. The van der Waals surface area contributed by atoms with Gasteiger partial charge < -0.3 is 5.11 Å². The van der Waals surface area contributed by atoms with E-state index in [0.717, 1.165) is 0 Å². The molecule has 0 aliphatic heterocycles. The van der Waals surface area contributed by atoms with Gasteiger partial charge in [0.05, 0.1) is 28.8 Å². The lowest BCUT2D eigenvalue weighted by molar-refractivity contribution is 0.197. The lowest BCUT2D eigenvalue weighted by atomic mass is 10.2. The van der Waals surface area contributed by atoms with Crippen molar-refractivity contribution < 1.29 is 5.11 Å². The van der Waals surface area contributed by atoms with Gasteiger partial charge in [0.15, 0.2) is 0 Å². The van der Waals surface area contributed by atoms with Crippen LogP contribution in [0.3, 0.4) is 0 Å². The Labute approximate surface area is 96.7 Å². The SMILES string of the molecule is OC(CCl)c1cnc2cc(Cl)ccc2n1. The first-order chi connectivity index (χ1) is 7.20. The summed E-state index contributed by atoms with van der Waals surface area (Å²) in [5.41, 5.74) is 1.87. The lowest BCUT2D eigenvalue weighted by Crippen LogP contribution is -2.02. The summed E-state index contributed by atoms with van der Waals surface area (Å²) in [4.78, 5) is 8.38.